The molecule has 0 aliphatic carbocycles. The summed E-state index contributed by atoms with van der Waals surface area (Å²) in [7, 11) is 7.04. The number of rotatable bonds is 8. The van der Waals surface area contributed by atoms with E-state index in [4.69, 9.17) is 14.2 Å². The van der Waals surface area contributed by atoms with Crippen LogP contribution in [0.3, 0.4) is 0 Å². The van der Waals surface area contributed by atoms with Crippen molar-refractivity contribution in [3.63, 3.8) is 0 Å². The standard InChI is InChI=1S/C21H25N5O4/c1-26(2)10-9-22-21(27)25-14-5-7-15(8-6-14)30-20-16-11-18(28-3)19(29-4)12-17(16)23-13-24-20/h5-8,11-13H,9-10H2,1-4H3,(H2,22,25,27). The van der Waals surface area contributed by atoms with Gasteiger partial charge >= 0.3 is 6.03 Å². The van der Waals surface area contributed by atoms with E-state index in [9.17, 15) is 4.79 Å². The quantitative estimate of drug-likeness (QED) is 0.588. The molecule has 0 spiro atoms. The molecule has 0 aliphatic rings. The van der Waals surface area contributed by atoms with Gasteiger partial charge in [0.2, 0.25) is 5.88 Å². The lowest BCUT2D eigenvalue weighted by molar-refractivity contribution is 0.250. The highest BCUT2D eigenvalue weighted by atomic mass is 16.5. The van der Waals surface area contributed by atoms with Crippen LogP contribution >= 0.6 is 0 Å². The number of fused-ring (bicyclic) bond motifs is 1. The van der Waals surface area contributed by atoms with Gasteiger partial charge in [-0.2, -0.15) is 0 Å². The van der Waals surface area contributed by atoms with Gasteiger partial charge in [0.15, 0.2) is 11.5 Å². The molecule has 0 saturated carbocycles. The highest BCUT2D eigenvalue weighted by molar-refractivity contribution is 5.89. The normalized spacial score (nSPS) is 10.7. The number of nitrogens with zero attached hydrogens (tertiary/aromatic N) is 3. The van der Waals surface area contributed by atoms with Gasteiger partial charge in [-0.25, -0.2) is 14.8 Å². The molecule has 3 aromatic rings. The molecule has 0 fully saturated rings. The second-order valence-corrected chi connectivity index (χ2v) is 6.71. The van der Waals surface area contributed by atoms with Crippen molar-refractivity contribution in [1.82, 2.24) is 20.2 Å². The fourth-order valence-corrected chi connectivity index (χ4v) is 2.73. The van der Waals surface area contributed by atoms with E-state index in [1.807, 2.05) is 19.0 Å². The van der Waals surface area contributed by atoms with Crippen LogP contribution in [0.4, 0.5) is 10.5 Å². The van der Waals surface area contributed by atoms with Crippen molar-refractivity contribution in [3.05, 3.63) is 42.7 Å². The average molecular weight is 411 g/mol. The van der Waals surface area contributed by atoms with E-state index in [0.717, 1.165) is 6.54 Å². The van der Waals surface area contributed by atoms with Gasteiger partial charge in [0.1, 0.15) is 12.1 Å². The molecular formula is C21H25N5O4. The summed E-state index contributed by atoms with van der Waals surface area (Å²) < 4.78 is 16.6. The molecule has 2 N–H and O–H groups in total. The van der Waals surface area contributed by atoms with Crippen molar-refractivity contribution in [2.45, 2.75) is 0 Å². The number of likely N-dealkylation sites (N-methyl/N-ethyl adjacent to an activating group) is 1. The van der Waals surface area contributed by atoms with Crippen LogP contribution in [0.25, 0.3) is 10.9 Å². The molecule has 9 nitrogen and oxygen atoms in total. The number of hydrogen-bond donors (Lipinski definition) is 2. The molecule has 30 heavy (non-hydrogen) atoms. The van der Waals surface area contributed by atoms with Crippen molar-refractivity contribution >= 4 is 22.6 Å². The Hall–Kier alpha value is -3.59. The summed E-state index contributed by atoms with van der Waals surface area (Å²) in [5, 5.41) is 6.27. The Morgan fingerprint density at radius 2 is 1.73 bits per heavy atom. The number of amides is 2. The first-order chi connectivity index (χ1) is 14.5. The van der Waals surface area contributed by atoms with Crippen molar-refractivity contribution in [2.75, 3.05) is 46.7 Å². The first-order valence-electron chi connectivity index (χ1n) is 9.34. The molecule has 9 heteroatoms. The van der Waals surface area contributed by atoms with Gasteiger partial charge in [-0.05, 0) is 44.4 Å². The zero-order chi connectivity index (χ0) is 21.5. The molecule has 0 atom stereocenters. The second kappa shape index (κ2) is 9.75. The summed E-state index contributed by atoms with van der Waals surface area (Å²) in [5.41, 5.74) is 1.33. The maximum Gasteiger partial charge on any atom is 0.319 e. The Labute approximate surface area is 175 Å². The molecule has 1 heterocycles. The van der Waals surface area contributed by atoms with Crippen LogP contribution in [0.15, 0.2) is 42.7 Å². The van der Waals surface area contributed by atoms with Crippen molar-refractivity contribution in [2.24, 2.45) is 0 Å². The van der Waals surface area contributed by atoms with Gasteiger partial charge in [-0.15, -0.1) is 0 Å². The zero-order valence-electron chi connectivity index (χ0n) is 17.4. The van der Waals surface area contributed by atoms with E-state index in [1.165, 1.54) is 6.33 Å². The lowest BCUT2D eigenvalue weighted by Crippen LogP contribution is -2.34. The zero-order valence-corrected chi connectivity index (χ0v) is 17.4. The van der Waals surface area contributed by atoms with Crippen LogP contribution in [0.2, 0.25) is 0 Å². The average Bonchev–Trinajstić information content (AvgIpc) is 2.74. The molecule has 1 aromatic heterocycles. The highest BCUT2D eigenvalue weighted by Crippen LogP contribution is 2.35. The minimum absolute atomic E-state index is 0.256. The predicted octanol–water partition coefficient (Wildman–Crippen LogP) is 3.12. The van der Waals surface area contributed by atoms with E-state index in [2.05, 4.69) is 20.6 Å². The Morgan fingerprint density at radius 3 is 2.40 bits per heavy atom. The van der Waals surface area contributed by atoms with Gasteiger partial charge < -0.3 is 29.7 Å². The van der Waals surface area contributed by atoms with Crippen molar-refractivity contribution in [1.29, 1.82) is 0 Å². The van der Waals surface area contributed by atoms with Crippen LogP contribution in [-0.4, -0.2) is 62.3 Å². The van der Waals surface area contributed by atoms with Crippen molar-refractivity contribution < 1.29 is 19.0 Å². The molecule has 0 radical (unpaired) electrons. The minimum atomic E-state index is -0.256. The number of hydrogen-bond acceptors (Lipinski definition) is 7. The number of urea groups is 1. The Kier molecular flexibility index (Phi) is 6.87. The monoisotopic (exact) mass is 411 g/mol. The van der Waals surface area contributed by atoms with E-state index < -0.39 is 0 Å². The van der Waals surface area contributed by atoms with E-state index >= 15 is 0 Å². The predicted molar refractivity (Wildman–Crippen MR) is 115 cm³/mol. The fourth-order valence-electron chi connectivity index (χ4n) is 2.73. The van der Waals surface area contributed by atoms with Crippen LogP contribution in [0.1, 0.15) is 0 Å². The summed E-state index contributed by atoms with van der Waals surface area (Å²) in [6.45, 7) is 1.33. The maximum atomic E-state index is 11.9. The number of aromatic nitrogens is 2. The number of ether oxygens (including phenoxy) is 3. The Morgan fingerprint density at radius 1 is 1.03 bits per heavy atom. The van der Waals surface area contributed by atoms with Gasteiger partial charge in [0.25, 0.3) is 0 Å². The number of carbonyl (C=O) groups excluding carboxylic acids is 1. The van der Waals surface area contributed by atoms with Gasteiger partial charge in [0, 0.05) is 24.8 Å². The first-order valence-corrected chi connectivity index (χ1v) is 9.34. The third kappa shape index (κ3) is 5.26. The number of methoxy groups -OCH3 is 2. The third-order valence-corrected chi connectivity index (χ3v) is 4.28. The number of anilines is 1. The lowest BCUT2D eigenvalue weighted by atomic mass is 10.2. The van der Waals surface area contributed by atoms with Gasteiger partial charge in [-0.3, -0.25) is 0 Å². The molecule has 0 saturated heterocycles. The molecule has 158 valence electrons. The summed E-state index contributed by atoms with van der Waals surface area (Å²) >= 11 is 0. The van der Waals surface area contributed by atoms with E-state index in [1.54, 1.807) is 50.6 Å². The third-order valence-electron chi connectivity index (χ3n) is 4.28. The van der Waals surface area contributed by atoms with E-state index in [0.29, 0.717) is 46.3 Å². The highest BCUT2D eigenvalue weighted by Gasteiger charge is 2.12. The summed E-state index contributed by atoms with van der Waals surface area (Å²) in [6.07, 6.45) is 1.43. The minimum Gasteiger partial charge on any atom is -0.493 e. The maximum absolute atomic E-state index is 11.9. The van der Waals surface area contributed by atoms with Crippen LogP contribution in [0, 0.1) is 0 Å². The fraction of sp³-hybridized carbons (Fsp3) is 0.286. The van der Waals surface area contributed by atoms with Crippen LogP contribution in [0.5, 0.6) is 23.1 Å². The molecule has 2 amide bonds. The second-order valence-electron chi connectivity index (χ2n) is 6.71. The van der Waals surface area contributed by atoms with Crippen molar-refractivity contribution in [3.8, 4) is 23.1 Å². The van der Waals surface area contributed by atoms with E-state index in [-0.39, 0.29) is 6.03 Å². The summed E-state index contributed by atoms with van der Waals surface area (Å²) in [5.74, 6) is 2.10. The Bertz CT molecular complexity index is 1010. The van der Waals surface area contributed by atoms with Gasteiger partial charge in [-0.1, -0.05) is 0 Å². The SMILES string of the molecule is COc1cc2ncnc(Oc3ccc(NC(=O)NCCN(C)C)cc3)c2cc1OC. The number of nitrogens with one attached hydrogen (secondary N) is 2. The molecule has 0 bridgehead atoms. The summed E-state index contributed by atoms with van der Waals surface area (Å²) in [4.78, 5) is 22.4. The number of benzene rings is 2. The lowest BCUT2D eigenvalue weighted by Gasteiger charge is -2.12. The molecule has 0 aliphatic heterocycles. The largest absolute Gasteiger partial charge is 0.493 e. The van der Waals surface area contributed by atoms with Gasteiger partial charge in [0.05, 0.1) is 25.1 Å². The molecule has 3 rings (SSSR count). The molecular weight excluding hydrogens is 386 g/mol. The first kappa shape index (κ1) is 21.1. The summed E-state index contributed by atoms with van der Waals surface area (Å²) in [6, 6.07) is 10.3. The Balaban J connectivity index is 1.71. The molecule has 0 unspecified atom stereocenters. The van der Waals surface area contributed by atoms with Crippen LogP contribution in [-0.2, 0) is 0 Å². The number of carbonyl (C=O) groups is 1. The topological polar surface area (TPSA) is 97.8 Å². The molecule has 2 aromatic carbocycles. The van der Waals surface area contributed by atoms with Crippen LogP contribution < -0.4 is 24.8 Å². The smallest absolute Gasteiger partial charge is 0.319 e.